The molecule has 14 heavy (non-hydrogen) atoms. The maximum atomic E-state index is 5.69. The van der Waals surface area contributed by atoms with E-state index < -0.39 is 0 Å². The molecular weight excluding hydrogens is 176 g/mol. The van der Waals surface area contributed by atoms with Gasteiger partial charge in [0.1, 0.15) is 0 Å². The largest absolute Gasteiger partial charge is 0.375 e. The van der Waals surface area contributed by atoms with Gasteiger partial charge in [0.25, 0.3) is 0 Å². The molecule has 1 saturated heterocycles. The summed E-state index contributed by atoms with van der Waals surface area (Å²) in [7, 11) is 4.22. The molecule has 0 aromatic heterocycles. The minimum Gasteiger partial charge on any atom is -0.375 e. The standard InChI is InChI=1S/C11H24N2O/c1-9-7-11(8-10(2)14-9)12-5-6-13(3)4/h9-12H,5-8H2,1-4H3. The Morgan fingerprint density at radius 1 is 1.21 bits per heavy atom. The van der Waals surface area contributed by atoms with Crippen LogP contribution in [0, 0.1) is 0 Å². The first-order chi connectivity index (χ1) is 6.58. The maximum Gasteiger partial charge on any atom is 0.0565 e. The monoisotopic (exact) mass is 200 g/mol. The first-order valence-corrected chi connectivity index (χ1v) is 5.61. The van der Waals surface area contributed by atoms with Crippen LogP contribution in [0.1, 0.15) is 26.7 Å². The summed E-state index contributed by atoms with van der Waals surface area (Å²) in [5, 5.41) is 3.59. The molecule has 1 aliphatic heterocycles. The van der Waals surface area contributed by atoms with E-state index in [1.165, 1.54) is 0 Å². The molecule has 1 heterocycles. The van der Waals surface area contributed by atoms with Gasteiger partial charge in [-0.1, -0.05) is 0 Å². The average Bonchev–Trinajstić information content (AvgIpc) is 2.01. The molecule has 0 aromatic carbocycles. The van der Waals surface area contributed by atoms with Crippen LogP contribution < -0.4 is 5.32 Å². The highest BCUT2D eigenvalue weighted by molar-refractivity contribution is 4.78. The Balaban J connectivity index is 2.17. The Morgan fingerprint density at radius 3 is 2.29 bits per heavy atom. The molecule has 0 aliphatic carbocycles. The Kier molecular flexibility index (Phi) is 4.85. The van der Waals surface area contributed by atoms with Crippen molar-refractivity contribution in [1.29, 1.82) is 0 Å². The summed E-state index contributed by atoms with van der Waals surface area (Å²) in [6.07, 6.45) is 3.13. The highest BCUT2D eigenvalue weighted by atomic mass is 16.5. The smallest absolute Gasteiger partial charge is 0.0565 e. The Morgan fingerprint density at radius 2 is 1.79 bits per heavy atom. The van der Waals surface area contributed by atoms with E-state index in [1.807, 2.05) is 0 Å². The molecule has 2 unspecified atom stereocenters. The van der Waals surface area contributed by atoms with E-state index in [1.54, 1.807) is 0 Å². The third-order valence-electron chi connectivity index (χ3n) is 2.69. The van der Waals surface area contributed by atoms with E-state index in [-0.39, 0.29) is 0 Å². The molecule has 3 heteroatoms. The van der Waals surface area contributed by atoms with Crippen LogP contribution in [0.2, 0.25) is 0 Å². The van der Waals surface area contributed by atoms with Gasteiger partial charge in [0, 0.05) is 19.1 Å². The number of nitrogens with one attached hydrogen (secondary N) is 1. The van der Waals surface area contributed by atoms with Crippen molar-refractivity contribution in [1.82, 2.24) is 10.2 Å². The molecule has 1 aliphatic rings. The number of likely N-dealkylation sites (N-methyl/N-ethyl adjacent to an activating group) is 1. The highest BCUT2D eigenvalue weighted by Crippen LogP contribution is 2.18. The van der Waals surface area contributed by atoms with Crippen molar-refractivity contribution in [3.8, 4) is 0 Å². The molecule has 1 fully saturated rings. The average molecular weight is 200 g/mol. The third-order valence-corrected chi connectivity index (χ3v) is 2.69. The molecule has 0 radical (unpaired) electrons. The summed E-state index contributed by atoms with van der Waals surface area (Å²) in [4.78, 5) is 2.21. The number of ether oxygens (including phenoxy) is 1. The summed E-state index contributed by atoms with van der Waals surface area (Å²) in [5.41, 5.74) is 0. The fourth-order valence-corrected chi connectivity index (χ4v) is 2.06. The lowest BCUT2D eigenvalue weighted by molar-refractivity contribution is -0.0420. The Labute approximate surface area is 87.8 Å². The Bertz CT molecular complexity index is 151. The van der Waals surface area contributed by atoms with Crippen molar-refractivity contribution in [3.63, 3.8) is 0 Å². The Hall–Kier alpha value is -0.120. The zero-order chi connectivity index (χ0) is 10.6. The van der Waals surface area contributed by atoms with Crippen molar-refractivity contribution in [2.75, 3.05) is 27.2 Å². The SMILES string of the molecule is CC1CC(NCCN(C)C)CC(C)O1. The fraction of sp³-hybridized carbons (Fsp3) is 1.00. The van der Waals surface area contributed by atoms with Gasteiger partial charge in [-0.05, 0) is 40.8 Å². The lowest BCUT2D eigenvalue weighted by Gasteiger charge is -2.32. The lowest BCUT2D eigenvalue weighted by Crippen LogP contribution is -2.43. The predicted octanol–water partition coefficient (Wildman–Crippen LogP) is 1.09. The lowest BCUT2D eigenvalue weighted by atomic mass is 10.00. The number of hydrogen-bond donors (Lipinski definition) is 1. The van der Waals surface area contributed by atoms with E-state index in [0.717, 1.165) is 25.9 Å². The van der Waals surface area contributed by atoms with Crippen LogP contribution >= 0.6 is 0 Å². The number of hydrogen-bond acceptors (Lipinski definition) is 3. The molecule has 1 N–H and O–H groups in total. The molecule has 1 rings (SSSR count). The number of nitrogens with zero attached hydrogens (tertiary/aromatic N) is 1. The minimum absolute atomic E-state index is 0.413. The summed E-state index contributed by atoms with van der Waals surface area (Å²) < 4.78 is 5.69. The van der Waals surface area contributed by atoms with Crippen molar-refractivity contribution < 1.29 is 4.74 Å². The molecule has 3 nitrogen and oxygen atoms in total. The van der Waals surface area contributed by atoms with Gasteiger partial charge >= 0.3 is 0 Å². The fourth-order valence-electron chi connectivity index (χ4n) is 2.06. The van der Waals surface area contributed by atoms with Crippen LogP contribution in [0.25, 0.3) is 0 Å². The molecule has 2 atom stereocenters. The summed E-state index contributed by atoms with van der Waals surface area (Å²) in [5.74, 6) is 0. The zero-order valence-electron chi connectivity index (χ0n) is 9.92. The van der Waals surface area contributed by atoms with Crippen LogP contribution in [-0.4, -0.2) is 50.3 Å². The second-order valence-electron chi connectivity index (χ2n) is 4.68. The van der Waals surface area contributed by atoms with Gasteiger partial charge in [-0.3, -0.25) is 0 Å². The van der Waals surface area contributed by atoms with Crippen LogP contribution in [0.3, 0.4) is 0 Å². The molecule has 0 saturated carbocycles. The van der Waals surface area contributed by atoms with E-state index >= 15 is 0 Å². The summed E-state index contributed by atoms with van der Waals surface area (Å²) >= 11 is 0. The van der Waals surface area contributed by atoms with Gasteiger partial charge in [0.05, 0.1) is 12.2 Å². The van der Waals surface area contributed by atoms with Crippen LogP contribution in [0.5, 0.6) is 0 Å². The molecule has 0 amide bonds. The van der Waals surface area contributed by atoms with Crippen molar-refractivity contribution in [3.05, 3.63) is 0 Å². The maximum absolute atomic E-state index is 5.69. The van der Waals surface area contributed by atoms with E-state index in [0.29, 0.717) is 18.2 Å². The molecule has 0 spiro atoms. The highest BCUT2D eigenvalue weighted by Gasteiger charge is 2.23. The molecular formula is C11H24N2O. The van der Waals surface area contributed by atoms with Gasteiger partial charge in [-0.2, -0.15) is 0 Å². The van der Waals surface area contributed by atoms with Crippen molar-refractivity contribution >= 4 is 0 Å². The summed E-state index contributed by atoms with van der Waals surface area (Å²) in [6.45, 7) is 6.52. The van der Waals surface area contributed by atoms with Gasteiger partial charge in [0.15, 0.2) is 0 Å². The zero-order valence-corrected chi connectivity index (χ0v) is 9.92. The first kappa shape index (κ1) is 12.0. The van der Waals surface area contributed by atoms with Gasteiger partial charge in [0.2, 0.25) is 0 Å². The van der Waals surface area contributed by atoms with Crippen molar-refractivity contribution in [2.24, 2.45) is 0 Å². The van der Waals surface area contributed by atoms with Crippen LogP contribution in [0.4, 0.5) is 0 Å². The van der Waals surface area contributed by atoms with Gasteiger partial charge in [-0.15, -0.1) is 0 Å². The topological polar surface area (TPSA) is 24.5 Å². The molecule has 84 valence electrons. The molecule has 0 bridgehead atoms. The first-order valence-electron chi connectivity index (χ1n) is 5.61. The second kappa shape index (κ2) is 5.69. The van der Waals surface area contributed by atoms with E-state index in [4.69, 9.17) is 4.74 Å². The minimum atomic E-state index is 0.413. The quantitative estimate of drug-likeness (QED) is 0.735. The number of rotatable bonds is 4. The second-order valence-corrected chi connectivity index (χ2v) is 4.68. The normalized spacial score (nSPS) is 33.6. The van der Waals surface area contributed by atoms with Crippen molar-refractivity contribution in [2.45, 2.75) is 44.9 Å². The third kappa shape index (κ3) is 4.40. The van der Waals surface area contributed by atoms with E-state index in [2.05, 4.69) is 38.2 Å². The molecule has 0 aromatic rings. The van der Waals surface area contributed by atoms with Crippen LogP contribution in [-0.2, 0) is 4.74 Å². The van der Waals surface area contributed by atoms with E-state index in [9.17, 15) is 0 Å². The summed E-state index contributed by atoms with van der Waals surface area (Å²) in [6, 6.07) is 0.647. The van der Waals surface area contributed by atoms with Crippen LogP contribution in [0.15, 0.2) is 0 Å². The van der Waals surface area contributed by atoms with Gasteiger partial charge < -0.3 is 15.0 Å². The predicted molar refractivity (Wildman–Crippen MR) is 59.6 cm³/mol. The van der Waals surface area contributed by atoms with Gasteiger partial charge in [-0.25, -0.2) is 0 Å².